The molecule has 4 N–H and O–H groups in total. The zero-order valence-corrected chi connectivity index (χ0v) is 10.1. The van der Waals surface area contributed by atoms with Gasteiger partial charge in [0.1, 0.15) is 5.75 Å². The van der Waals surface area contributed by atoms with Crippen molar-refractivity contribution in [3.8, 4) is 5.75 Å². The standard InChI is InChI=1S/C13H15N3O2/c1-18-11-4-5-16(13(17)7-11)8-9-2-3-10(14)6-12(9)15/h2-7H,8,14-15H2,1H3. The molecule has 18 heavy (non-hydrogen) atoms. The highest BCUT2D eigenvalue weighted by atomic mass is 16.5. The van der Waals surface area contributed by atoms with Crippen LogP contribution in [0, 0.1) is 0 Å². The molecule has 5 heteroatoms. The van der Waals surface area contributed by atoms with Crippen molar-refractivity contribution >= 4 is 11.4 Å². The molecule has 5 nitrogen and oxygen atoms in total. The number of hydrogen-bond acceptors (Lipinski definition) is 4. The molecule has 0 amide bonds. The Labute approximate surface area is 105 Å². The van der Waals surface area contributed by atoms with E-state index in [9.17, 15) is 4.79 Å². The number of benzene rings is 1. The zero-order valence-electron chi connectivity index (χ0n) is 10.1. The number of rotatable bonds is 3. The maximum atomic E-state index is 11.8. The Hall–Kier alpha value is -2.43. The summed E-state index contributed by atoms with van der Waals surface area (Å²) >= 11 is 0. The van der Waals surface area contributed by atoms with Crippen LogP contribution in [0.1, 0.15) is 5.56 Å². The van der Waals surface area contributed by atoms with Gasteiger partial charge >= 0.3 is 0 Å². The van der Waals surface area contributed by atoms with Crippen LogP contribution in [0.2, 0.25) is 0 Å². The summed E-state index contributed by atoms with van der Waals surface area (Å²) in [6, 6.07) is 8.44. The Balaban J connectivity index is 2.31. The van der Waals surface area contributed by atoms with Crippen LogP contribution in [0.3, 0.4) is 0 Å². The van der Waals surface area contributed by atoms with E-state index >= 15 is 0 Å². The van der Waals surface area contributed by atoms with Gasteiger partial charge in [0.05, 0.1) is 13.7 Å². The molecule has 2 aromatic rings. The maximum absolute atomic E-state index is 11.8. The summed E-state index contributed by atoms with van der Waals surface area (Å²) in [5, 5.41) is 0. The van der Waals surface area contributed by atoms with E-state index in [0.717, 1.165) is 5.56 Å². The van der Waals surface area contributed by atoms with Crippen molar-refractivity contribution in [2.45, 2.75) is 6.54 Å². The van der Waals surface area contributed by atoms with E-state index in [1.807, 2.05) is 6.07 Å². The Morgan fingerprint density at radius 1 is 1.22 bits per heavy atom. The van der Waals surface area contributed by atoms with Crippen molar-refractivity contribution < 1.29 is 4.74 Å². The number of ether oxygens (including phenoxy) is 1. The second-order valence-corrected chi connectivity index (χ2v) is 3.99. The highest BCUT2D eigenvalue weighted by molar-refractivity contribution is 5.56. The fourth-order valence-corrected chi connectivity index (χ4v) is 1.69. The summed E-state index contributed by atoms with van der Waals surface area (Å²) in [7, 11) is 1.52. The molecule has 0 spiro atoms. The molecule has 1 heterocycles. The molecule has 0 aliphatic carbocycles. The Kier molecular flexibility index (Phi) is 3.23. The molecular weight excluding hydrogens is 230 g/mol. The number of nitrogens with two attached hydrogens (primary N) is 2. The highest BCUT2D eigenvalue weighted by Crippen LogP contribution is 2.16. The number of nitrogen functional groups attached to an aromatic ring is 2. The lowest BCUT2D eigenvalue weighted by Gasteiger charge is -2.09. The first-order valence-corrected chi connectivity index (χ1v) is 5.48. The lowest BCUT2D eigenvalue weighted by atomic mass is 10.1. The van der Waals surface area contributed by atoms with E-state index in [4.69, 9.17) is 16.2 Å². The number of nitrogens with zero attached hydrogens (tertiary/aromatic N) is 1. The minimum atomic E-state index is -0.134. The van der Waals surface area contributed by atoms with Crippen LogP contribution in [0.4, 0.5) is 11.4 Å². The molecule has 2 rings (SSSR count). The molecule has 0 atom stereocenters. The third-order valence-electron chi connectivity index (χ3n) is 2.71. The quantitative estimate of drug-likeness (QED) is 0.792. The molecule has 94 valence electrons. The first-order valence-electron chi connectivity index (χ1n) is 5.48. The summed E-state index contributed by atoms with van der Waals surface area (Å²) in [5.41, 5.74) is 13.4. The van der Waals surface area contributed by atoms with Crippen LogP contribution in [0.15, 0.2) is 41.3 Å². The van der Waals surface area contributed by atoms with Gasteiger partial charge < -0.3 is 20.8 Å². The Morgan fingerprint density at radius 3 is 2.61 bits per heavy atom. The maximum Gasteiger partial charge on any atom is 0.254 e. The number of anilines is 2. The molecule has 1 aromatic carbocycles. The average molecular weight is 245 g/mol. The molecule has 0 aliphatic rings. The predicted octanol–water partition coefficient (Wildman–Crippen LogP) is 1.07. The van der Waals surface area contributed by atoms with Gasteiger partial charge in [-0.25, -0.2) is 0 Å². The number of aromatic nitrogens is 1. The van der Waals surface area contributed by atoms with Crippen LogP contribution in [0.5, 0.6) is 5.75 Å². The molecule has 0 saturated heterocycles. The van der Waals surface area contributed by atoms with Crippen molar-refractivity contribution in [1.82, 2.24) is 4.57 Å². The third-order valence-corrected chi connectivity index (χ3v) is 2.71. The first-order chi connectivity index (χ1) is 8.60. The largest absolute Gasteiger partial charge is 0.497 e. The van der Waals surface area contributed by atoms with Gasteiger partial charge in [0.2, 0.25) is 0 Å². The van der Waals surface area contributed by atoms with Gasteiger partial charge in [-0.3, -0.25) is 4.79 Å². The minimum Gasteiger partial charge on any atom is -0.497 e. The van der Waals surface area contributed by atoms with Crippen LogP contribution in [0.25, 0.3) is 0 Å². The molecule has 0 radical (unpaired) electrons. The summed E-state index contributed by atoms with van der Waals surface area (Å²) in [5.74, 6) is 0.543. The summed E-state index contributed by atoms with van der Waals surface area (Å²) in [4.78, 5) is 11.8. The van der Waals surface area contributed by atoms with Gasteiger partial charge in [-0.05, 0) is 23.8 Å². The zero-order chi connectivity index (χ0) is 13.1. The molecular formula is C13H15N3O2. The number of methoxy groups -OCH3 is 1. The van der Waals surface area contributed by atoms with E-state index in [-0.39, 0.29) is 5.56 Å². The first kappa shape index (κ1) is 12.0. The molecule has 0 fully saturated rings. The minimum absolute atomic E-state index is 0.134. The van der Waals surface area contributed by atoms with Gasteiger partial charge in [-0.15, -0.1) is 0 Å². The summed E-state index contributed by atoms with van der Waals surface area (Å²) in [6.45, 7) is 0.412. The van der Waals surface area contributed by atoms with Crippen LogP contribution in [-0.2, 0) is 6.54 Å². The lowest BCUT2D eigenvalue weighted by Crippen LogP contribution is -2.19. The second-order valence-electron chi connectivity index (χ2n) is 3.99. The van der Waals surface area contributed by atoms with Crippen molar-refractivity contribution in [2.75, 3.05) is 18.6 Å². The highest BCUT2D eigenvalue weighted by Gasteiger charge is 2.03. The third kappa shape index (κ3) is 2.45. The van der Waals surface area contributed by atoms with Gasteiger partial charge in [-0.1, -0.05) is 6.07 Å². The van der Waals surface area contributed by atoms with E-state index < -0.39 is 0 Å². The van der Waals surface area contributed by atoms with Gasteiger partial charge in [0.25, 0.3) is 5.56 Å². The van der Waals surface area contributed by atoms with Crippen molar-refractivity contribution in [3.63, 3.8) is 0 Å². The number of hydrogen-bond donors (Lipinski definition) is 2. The van der Waals surface area contributed by atoms with Crippen LogP contribution < -0.4 is 21.8 Å². The van der Waals surface area contributed by atoms with Crippen molar-refractivity contribution in [1.29, 1.82) is 0 Å². The van der Waals surface area contributed by atoms with Gasteiger partial charge in [0.15, 0.2) is 0 Å². The fraction of sp³-hybridized carbons (Fsp3) is 0.154. The van der Waals surface area contributed by atoms with Crippen LogP contribution >= 0.6 is 0 Å². The predicted molar refractivity (Wildman–Crippen MR) is 71.6 cm³/mol. The molecule has 0 aliphatic heterocycles. The molecule has 0 saturated carbocycles. The van der Waals surface area contributed by atoms with Gasteiger partial charge in [0, 0.05) is 23.6 Å². The topological polar surface area (TPSA) is 83.3 Å². The van der Waals surface area contributed by atoms with Crippen molar-refractivity contribution in [2.24, 2.45) is 0 Å². The molecule has 0 bridgehead atoms. The van der Waals surface area contributed by atoms with Crippen molar-refractivity contribution in [3.05, 3.63) is 52.4 Å². The number of pyridine rings is 1. The Morgan fingerprint density at radius 2 is 2.00 bits per heavy atom. The summed E-state index contributed by atoms with van der Waals surface area (Å²) in [6.07, 6.45) is 1.68. The monoisotopic (exact) mass is 245 g/mol. The van der Waals surface area contributed by atoms with Crippen LogP contribution in [-0.4, -0.2) is 11.7 Å². The fourth-order valence-electron chi connectivity index (χ4n) is 1.69. The second kappa shape index (κ2) is 4.83. The van der Waals surface area contributed by atoms with E-state index in [1.54, 1.807) is 29.0 Å². The average Bonchev–Trinajstić information content (AvgIpc) is 2.34. The van der Waals surface area contributed by atoms with E-state index in [1.165, 1.54) is 13.2 Å². The molecule has 0 unspecified atom stereocenters. The van der Waals surface area contributed by atoms with E-state index in [2.05, 4.69) is 0 Å². The molecule has 1 aromatic heterocycles. The normalized spacial score (nSPS) is 10.3. The lowest BCUT2D eigenvalue weighted by molar-refractivity contribution is 0.412. The summed E-state index contributed by atoms with van der Waals surface area (Å²) < 4.78 is 6.55. The Bertz CT molecular complexity index is 620. The van der Waals surface area contributed by atoms with E-state index in [0.29, 0.717) is 23.7 Å². The van der Waals surface area contributed by atoms with Gasteiger partial charge in [-0.2, -0.15) is 0 Å². The smallest absolute Gasteiger partial charge is 0.254 e. The SMILES string of the molecule is COc1ccn(Cc2ccc(N)cc2N)c(=O)c1.